The highest BCUT2D eigenvalue weighted by atomic mass is 35.5. The van der Waals surface area contributed by atoms with E-state index in [-0.39, 0.29) is 11.4 Å². The number of aromatic nitrogens is 1. The molecular formula is C12H10ClNO3S. The van der Waals surface area contributed by atoms with Gasteiger partial charge in [-0.25, -0.2) is 0 Å². The Morgan fingerprint density at radius 3 is 2.56 bits per heavy atom. The van der Waals surface area contributed by atoms with E-state index in [1.165, 1.54) is 4.57 Å². The van der Waals surface area contributed by atoms with Crippen LogP contribution in [0.5, 0.6) is 0 Å². The minimum Gasteiger partial charge on any atom is -0.480 e. The van der Waals surface area contributed by atoms with Gasteiger partial charge in [-0.15, -0.1) is 0 Å². The molecule has 0 unspecified atom stereocenters. The van der Waals surface area contributed by atoms with E-state index < -0.39 is 5.97 Å². The van der Waals surface area contributed by atoms with Gasteiger partial charge in [0.25, 0.3) is 0 Å². The molecule has 0 atom stereocenters. The van der Waals surface area contributed by atoms with Crippen LogP contribution < -0.4 is 4.87 Å². The number of thiazole rings is 1. The maximum Gasteiger partial charge on any atom is 0.323 e. The van der Waals surface area contributed by atoms with Gasteiger partial charge in [-0.05, 0) is 24.6 Å². The van der Waals surface area contributed by atoms with Gasteiger partial charge in [0.05, 0.1) is 4.88 Å². The Morgan fingerprint density at radius 2 is 2.00 bits per heavy atom. The van der Waals surface area contributed by atoms with Gasteiger partial charge in [0.15, 0.2) is 0 Å². The molecule has 1 aromatic heterocycles. The molecule has 0 aliphatic rings. The van der Waals surface area contributed by atoms with Crippen LogP contribution in [0.25, 0.3) is 10.4 Å². The summed E-state index contributed by atoms with van der Waals surface area (Å²) in [7, 11) is 0. The molecule has 0 radical (unpaired) electrons. The van der Waals surface area contributed by atoms with Gasteiger partial charge < -0.3 is 5.11 Å². The number of hydrogen-bond acceptors (Lipinski definition) is 3. The standard InChI is InChI=1S/C12H10ClNO3S/c1-7-11(8-2-4-9(13)5-3-8)18-12(17)14(7)6-10(15)16/h2-5H,6H2,1H3,(H,15,16). The zero-order valence-electron chi connectivity index (χ0n) is 9.51. The van der Waals surface area contributed by atoms with E-state index >= 15 is 0 Å². The average molecular weight is 284 g/mol. The number of nitrogens with zero attached hydrogens (tertiary/aromatic N) is 1. The maximum atomic E-state index is 11.7. The minimum atomic E-state index is -1.03. The van der Waals surface area contributed by atoms with E-state index in [4.69, 9.17) is 16.7 Å². The van der Waals surface area contributed by atoms with Crippen molar-refractivity contribution in [1.29, 1.82) is 0 Å². The van der Waals surface area contributed by atoms with E-state index in [2.05, 4.69) is 0 Å². The SMILES string of the molecule is Cc1c(-c2ccc(Cl)cc2)sc(=O)n1CC(=O)O. The minimum absolute atomic E-state index is 0.264. The lowest BCUT2D eigenvalue weighted by atomic mass is 10.1. The van der Waals surface area contributed by atoms with Gasteiger partial charge >= 0.3 is 10.8 Å². The predicted molar refractivity (Wildman–Crippen MR) is 71.4 cm³/mol. The Morgan fingerprint density at radius 1 is 1.39 bits per heavy atom. The Bertz CT molecular complexity index is 642. The molecule has 0 spiro atoms. The van der Waals surface area contributed by atoms with Crippen LogP contribution in [-0.4, -0.2) is 15.6 Å². The van der Waals surface area contributed by atoms with Crippen molar-refractivity contribution in [1.82, 2.24) is 4.57 Å². The van der Waals surface area contributed by atoms with Gasteiger partial charge in [0, 0.05) is 10.7 Å². The lowest BCUT2D eigenvalue weighted by Crippen LogP contribution is -2.19. The Balaban J connectivity index is 2.50. The van der Waals surface area contributed by atoms with Crippen molar-refractivity contribution < 1.29 is 9.90 Å². The third-order valence-corrected chi connectivity index (χ3v) is 3.93. The average Bonchev–Trinajstić information content (AvgIpc) is 2.58. The summed E-state index contributed by atoms with van der Waals surface area (Å²) in [6.45, 7) is 1.43. The van der Waals surface area contributed by atoms with Gasteiger partial charge in [0.1, 0.15) is 6.54 Å². The largest absolute Gasteiger partial charge is 0.480 e. The zero-order chi connectivity index (χ0) is 13.3. The molecule has 1 aromatic carbocycles. The molecule has 4 nitrogen and oxygen atoms in total. The summed E-state index contributed by atoms with van der Waals surface area (Å²) >= 11 is 6.85. The fraction of sp³-hybridized carbons (Fsp3) is 0.167. The second kappa shape index (κ2) is 4.96. The molecule has 1 N–H and O–H groups in total. The van der Waals surface area contributed by atoms with Crippen molar-refractivity contribution in [3.63, 3.8) is 0 Å². The summed E-state index contributed by atoms with van der Waals surface area (Å²) in [6, 6.07) is 7.10. The number of carboxylic acid groups (broad SMARTS) is 1. The molecule has 2 aromatic rings. The summed E-state index contributed by atoms with van der Waals surface area (Å²) in [5.41, 5.74) is 1.53. The molecule has 0 saturated heterocycles. The Labute approximate surface area is 112 Å². The number of carboxylic acids is 1. The number of hydrogen-bond donors (Lipinski definition) is 1. The van der Waals surface area contributed by atoms with E-state index in [1.54, 1.807) is 19.1 Å². The maximum absolute atomic E-state index is 11.7. The quantitative estimate of drug-likeness (QED) is 0.942. The molecule has 0 fully saturated rings. The molecule has 1 heterocycles. The monoisotopic (exact) mass is 283 g/mol. The van der Waals surface area contributed by atoms with Gasteiger partial charge in [-0.2, -0.15) is 0 Å². The topological polar surface area (TPSA) is 59.3 Å². The Kier molecular flexibility index (Phi) is 3.54. The summed E-state index contributed by atoms with van der Waals surface area (Å²) in [5.74, 6) is -1.03. The third-order valence-electron chi connectivity index (χ3n) is 2.54. The van der Waals surface area contributed by atoms with Crippen LogP contribution in [0.2, 0.25) is 5.02 Å². The van der Waals surface area contributed by atoms with Crippen LogP contribution in [0.1, 0.15) is 5.69 Å². The molecule has 0 bridgehead atoms. The van der Waals surface area contributed by atoms with Crippen molar-refractivity contribution in [2.24, 2.45) is 0 Å². The zero-order valence-corrected chi connectivity index (χ0v) is 11.1. The molecule has 0 saturated carbocycles. The van der Waals surface area contributed by atoms with Crippen molar-refractivity contribution in [2.75, 3.05) is 0 Å². The number of rotatable bonds is 3. The highest BCUT2D eigenvalue weighted by Gasteiger charge is 2.14. The summed E-state index contributed by atoms with van der Waals surface area (Å²) in [6.07, 6.45) is 0. The predicted octanol–water partition coefficient (Wildman–Crippen LogP) is 2.62. The molecule has 0 aliphatic heterocycles. The first-order valence-electron chi connectivity index (χ1n) is 5.17. The third kappa shape index (κ3) is 2.47. The van der Waals surface area contributed by atoms with Crippen molar-refractivity contribution >= 4 is 28.9 Å². The number of aliphatic carboxylic acids is 1. The molecule has 2 rings (SSSR count). The van der Waals surface area contributed by atoms with Crippen LogP contribution in [0.15, 0.2) is 29.1 Å². The first-order valence-corrected chi connectivity index (χ1v) is 6.36. The van der Waals surface area contributed by atoms with E-state index in [0.717, 1.165) is 21.8 Å². The molecule has 94 valence electrons. The smallest absolute Gasteiger partial charge is 0.323 e. The summed E-state index contributed by atoms with van der Waals surface area (Å²) < 4.78 is 1.26. The molecule has 18 heavy (non-hydrogen) atoms. The van der Waals surface area contributed by atoms with Crippen LogP contribution in [-0.2, 0) is 11.3 Å². The normalized spacial score (nSPS) is 10.6. The first kappa shape index (κ1) is 12.9. The van der Waals surface area contributed by atoms with E-state index in [0.29, 0.717) is 10.7 Å². The van der Waals surface area contributed by atoms with Crippen molar-refractivity contribution in [2.45, 2.75) is 13.5 Å². The van der Waals surface area contributed by atoms with Gasteiger partial charge in [-0.3, -0.25) is 14.2 Å². The number of benzene rings is 1. The molecular weight excluding hydrogens is 274 g/mol. The fourth-order valence-electron chi connectivity index (χ4n) is 1.66. The lowest BCUT2D eigenvalue weighted by molar-refractivity contribution is -0.137. The van der Waals surface area contributed by atoms with Crippen LogP contribution >= 0.6 is 22.9 Å². The van der Waals surface area contributed by atoms with E-state index in [9.17, 15) is 9.59 Å². The lowest BCUT2D eigenvalue weighted by Gasteiger charge is -2.03. The van der Waals surface area contributed by atoms with Gasteiger partial charge in [-0.1, -0.05) is 35.1 Å². The highest BCUT2D eigenvalue weighted by Crippen LogP contribution is 2.27. The van der Waals surface area contributed by atoms with Crippen molar-refractivity contribution in [3.8, 4) is 10.4 Å². The van der Waals surface area contributed by atoms with E-state index in [1.807, 2.05) is 12.1 Å². The molecule has 0 aliphatic carbocycles. The van der Waals surface area contributed by atoms with Crippen LogP contribution in [0, 0.1) is 6.92 Å². The van der Waals surface area contributed by atoms with Crippen LogP contribution in [0.4, 0.5) is 0 Å². The Hall–Kier alpha value is -1.59. The second-order valence-corrected chi connectivity index (χ2v) is 5.17. The molecule has 6 heteroatoms. The van der Waals surface area contributed by atoms with Gasteiger partial charge in [0.2, 0.25) is 0 Å². The first-order chi connectivity index (χ1) is 8.49. The summed E-state index contributed by atoms with van der Waals surface area (Å²) in [5, 5.41) is 9.38. The molecule has 0 amide bonds. The summed E-state index contributed by atoms with van der Waals surface area (Å²) in [4.78, 5) is 22.9. The van der Waals surface area contributed by atoms with Crippen molar-refractivity contribution in [3.05, 3.63) is 44.6 Å². The second-order valence-electron chi connectivity index (χ2n) is 3.77. The van der Waals surface area contributed by atoms with Crippen LogP contribution in [0.3, 0.4) is 0 Å². The highest BCUT2D eigenvalue weighted by molar-refractivity contribution is 7.13. The number of halogens is 1. The fourth-order valence-corrected chi connectivity index (χ4v) is 2.79. The number of carbonyl (C=O) groups is 1.